The Morgan fingerprint density at radius 3 is 2.26 bits per heavy atom. The van der Waals surface area contributed by atoms with Gasteiger partial charge in [-0.2, -0.15) is 0 Å². The monoisotopic (exact) mass is 314 g/mol. The second-order valence-corrected chi connectivity index (χ2v) is 4.63. The Bertz CT molecular complexity index is 743. The van der Waals surface area contributed by atoms with E-state index in [1.54, 1.807) is 30.3 Å². The van der Waals surface area contributed by atoms with Gasteiger partial charge in [0.1, 0.15) is 5.75 Å². The number of phenols is 1. The minimum absolute atomic E-state index is 0.0639. The third-order valence-electron chi connectivity index (χ3n) is 2.96. The second kappa shape index (κ2) is 7.08. The average molecular weight is 314 g/mol. The highest BCUT2D eigenvalue weighted by molar-refractivity contribution is 6.00. The Morgan fingerprint density at radius 2 is 1.65 bits per heavy atom. The third-order valence-corrected chi connectivity index (χ3v) is 2.96. The number of aromatic hydroxyl groups is 1. The highest BCUT2D eigenvalue weighted by Crippen LogP contribution is 2.24. The number of rotatable bonds is 5. The van der Waals surface area contributed by atoms with Crippen LogP contribution in [0.2, 0.25) is 0 Å². The van der Waals surface area contributed by atoms with Crippen molar-refractivity contribution in [2.75, 3.05) is 11.9 Å². The summed E-state index contributed by atoms with van der Waals surface area (Å²) in [5, 5.41) is 23.3. The molecule has 0 fully saturated rings. The number of hydrogen-bond donors (Lipinski definition) is 4. The fraction of sp³-hybridized carbons (Fsp3) is 0.0625. The standard InChI is InChI=1S/C16H14N2O5/c19-13-8-11(16(22)23)6-7-12(13)18-14(20)9-17-15(21)10-4-2-1-3-5-10/h1-8,19H,9H2,(H,17,21)(H,18,20)(H,22,23). The van der Waals surface area contributed by atoms with E-state index in [0.717, 1.165) is 6.07 Å². The summed E-state index contributed by atoms with van der Waals surface area (Å²) in [7, 11) is 0. The third kappa shape index (κ3) is 4.31. The minimum atomic E-state index is -1.19. The Morgan fingerprint density at radius 1 is 0.957 bits per heavy atom. The van der Waals surface area contributed by atoms with Gasteiger partial charge in [0, 0.05) is 5.56 Å². The molecule has 2 aromatic rings. The molecule has 0 aliphatic heterocycles. The fourth-order valence-corrected chi connectivity index (χ4v) is 1.82. The van der Waals surface area contributed by atoms with Crippen molar-refractivity contribution in [1.82, 2.24) is 5.32 Å². The predicted molar refractivity (Wildman–Crippen MR) is 82.5 cm³/mol. The van der Waals surface area contributed by atoms with Crippen LogP contribution < -0.4 is 10.6 Å². The first-order valence-corrected chi connectivity index (χ1v) is 6.67. The Balaban J connectivity index is 1.92. The first kappa shape index (κ1) is 16.0. The van der Waals surface area contributed by atoms with Crippen molar-refractivity contribution in [3.63, 3.8) is 0 Å². The van der Waals surface area contributed by atoms with Crippen LogP contribution in [0, 0.1) is 0 Å². The lowest BCUT2D eigenvalue weighted by Gasteiger charge is -2.09. The van der Waals surface area contributed by atoms with E-state index in [2.05, 4.69) is 10.6 Å². The van der Waals surface area contributed by atoms with E-state index in [0.29, 0.717) is 5.56 Å². The van der Waals surface area contributed by atoms with Crippen molar-refractivity contribution in [2.45, 2.75) is 0 Å². The van der Waals surface area contributed by atoms with E-state index >= 15 is 0 Å². The van der Waals surface area contributed by atoms with Gasteiger partial charge in [0.2, 0.25) is 5.91 Å². The predicted octanol–water partition coefficient (Wildman–Crippen LogP) is 1.46. The van der Waals surface area contributed by atoms with Gasteiger partial charge in [0.25, 0.3) is 5.91 Å². The van der Waals surface area contributed by atoms with E-state index in [1.807, 2.05) is 0 Å². The van der Waals surface area contributed by atoms with Crippen LogP contribution in [0.3, 0.4) is 0 Å². The SMILES string of the molecule is O=C(CNC(=O)c1ccccc1)Nc1ccc(C(=O)O)cc1O. The molecule has 0 heterocycles. The van der Waals surface area contributed by atoms with E-state index in [9.17, 15) is 19.5 Å². The molecule has 2 rings (SSSR count). The van der Waals surface area contributed by atoms with Crippen molar-refractivity contribution < 1.29 is 24.6 Å². The molecule has 0 bridgehead atoms. The van der Waals surface area contributed by atoms with Gasteiger partial charge in [-0.3, -0.25) is 9.59 Å². The molecule has 0 unspecified atom stereocenters. The molecule has 2 amide bonds. The van der Waals surface area contributed by atoms with Crippen molar-refractivity contribution in [2.24, 2.45) is 0 Å². The van der Waals surface area contributed by atoms with Crippen LogP contribution in [0.1, 0.15) is 20.7 Å². The lowest BCUT2D eigenvalue weighted by Crippen LogP contribution is -2.32. The Hall–Kier alpha value is -3.35. The zero-order chi connectivity index (χ0) is 16.8. The molecular weight excluding hydrogens is 300 g/mol. The molecule has 0 aromatic heterocycles. The number of carboxylic acid groups (broad SMARTS) is 1. The molecule has 0 aliphatic rings. The van der Waals surface area contributed by atoms with Gasteiger partial charge in [0.15, 0.2) is 0 Å². The van der Waals surface area contributed by atoms with Gasteiger partial charge in [0.05, 0.1) is 17.8 Å². The number of carbonyl (C=O) groups excluding carboxylic acids is 2. The maximum absolute atomic E-state index is 11.8. The van der Waals surface area contributed by atoms with Gasteiger partial charge in [-0.15, -0.1) is 0 Å². The van der Waals surface area contributed by atoms with Crippen LogP contribution in [0.4, 0.5) is 5.69 Å². The van der Waals surface area contributed by atoms with Crippen LogP contribution in [0.5, 0.6) is 5.75 Å². The summed E-state index contributed by atoms with van der Waals surface area (Å²) in [6.07, 6.45) is 0. The van der Waals surface area contributed by atoms with Crippen LogP contribution >= 0.6 is 0 Å². The molecule has 0 saturated heterocycles. The highest BCUT2D eigenvalue weighted by atomic mass is 16.4. The molecule has 0 aliphatic carbocycles. The fourth-order valence-electron chi connectivity index (χ4n) is 1.82. The summed E-state index contributed by atoms with van der Waals surface area (Å²) in [6, 6.07) is 12.0. The van der Waals surface area contributed by atoms with Crippen molar-refractivity contribution in [3.8, 4) is 5.75 Å². The highest BCUT2D eigenvalue weighted by Gasteiger charge is 2.11. The summed E-state index contributed by atoms with van der Waals surface area (Å²) in [6.45, 7) is -0.284. The van der Waals surface area contributed by atoms with Gasteiger partial charge in [-0.1, -0.05) is 18.2 Å². The topological polar surface area (TPSA) is 116 Å². The first-order valence-electron chi connectivity index (χ1n) is 6.67. The van der Waals surface area contributed by atoms with Gasteiger partial charge < -0.3 is 20.8 Å². The molecule has 2 aromatic carbocycles. The molecular formula is C16H14N2O5. The molecule has 7 heteroatoms. The number of hydrogen-bond acceptors (Lipinski definition) is 4. The zero-order valence-electron chi connectivity index (χ0n) is 11.9. The van der Waals surface area contributed by atoms with Crippen molar-refractivity contribution in [1.29, 1.82) is 0 Å². The molecule has 23 heavy (non-hydrogen) atoms. The van der Waals surface area contributed by atoms with Crippen LogP contribution in [-0.2, 0) is 4.79 Å². The molecule has 7 nitrogen and oxygen atoms in total. The van der Waals surface area contributed by atoms with E-state index in [4.69, 9.17) is 5.11 Å². The van der Waals surface area contributed by atoms with Gasteiger partial charge in [-0.05, 0) is 30.3 Å². The molecule has 0 radical (unpaired) electrons. The minimum Gasteiger partial charge on any atom is -0.506 e. The lowest BCUT2D eigenvalue weighted by atomic mass is 10.2. The largest absolute Gasteiger partial charge is 0.506 e. The number of anilines is 1. The Labute approximate surface area is 131 Å². The quantitative estimate of drug-likeness (QED) is 0.624. The molecule has 0 saturated carbocycles. The number of aromatic carboxylic acids is 1. The van der Waals surface area contributed by atoms with E-state index < -0.39 is 17.8 Å². The number of nitrogens with one attached hydrogen (secondary N) is 2. The normalized spacial score (nSPS) is 9.91. The first-order chi connectivity index (χ1) is 11.0. The smallest absolute Gasteiger partial charge is 0.335 e. The molecule has 118 valence electrons. The van der Waals surface area contributed by atoms with Crippen molar-refractivity contribution >= 4 is 23.5 Å². The second-order valence-electron chi connectivity index (χ2n) is 4.63. The Kier molecular flexibility index (Phi) is 4.93. The summed E-state index contributed by atoms with van der Waals surface area (Å²) >= 11 is 0. The molecule has 0 atom stereocenters. The summed E-state index contributed by atoms with van der Waals surface area (Å²) < 4.78 is 0. The maximum atomic E-state index is 11.8. The summed E-state index contributed by atoms with van der Waals surface area (Å²) in [5.41, 5.74) is 0.390. The summed E-state index contributed by atoms with van der Waals surface area (Å²) in [4.78, 5) is 34.3. The van der Waals surface area contributed by atoms with Gasteiger partial charge >= 0.3 is 5.97 Å². The number of carboxylic acids is 1. The van der Waals surface area contributed by atoms with Crippen LogP contribution in [0.15, 0.2) is 48.5 Å². The average Bonchev–Trinajstić information content (AvgIpc) is 2.55. The molecule has 0 spiro atoms. The van der Waals surface area contributed by atoms with E-state index in [-0.39, 0.29) is 23.5 Å². The zero-order valence-corrected chi connectivity index (χ0v) is 11.9. The number of benzene rings is 2. The lowest BCUT2D eigenvalue weighted by molar-refractivity contribution is -0.115. The van der Waals surface area contributed by atoms with Crippen LogP contribution in [-0.4, -0.2) is 34.5 Å². The maximum Gasteiger partial charge on any atom is 0.335 e. The van der Waals surface area contributed by atoms with E-state index in [1.165, 1.54) is 12.1 Å². The number of carbonyl (C=O) groups is 3. The summed E-state index contributed by atoms with van der Waals surface area (Å²) in [5.74, 6) is -2.50. The number of phenolic OH excluding ortho intramolecular Hbond substituents is 1. The van der Waals surface area contributed by atoms with Crippen LogP contribution in [0.25, 0.3) is 0 Å². The number of amides is 2. The van der Waals surface area contributed by atoms with Gasteiger partial charge in [-0.25, -0.2) is 4.79 Å². The van der Waals surface area contributed by atoms with Crippen molar-refractivity contribution in [3.05, 3.63) is 59.7 Å². The molecule has 4 N–H and O–H groups in total.